The quantitative estimate of drug-likeness (QED) is 0.121. The van der Waals surface area contributed by atoms with Crippen LogP contribution in [-0.2, 0) is 33.2 Å². The molecule has 0 amide bonds. The zero-order valence-electron chi connectivity index (χ0n) is 39.4. The number of aliphatic hydroxyl groups excluding tert-OH is 10. The molecule has 8 rings (SSSR count). The average Bonchev–Trinajstić information content (AvgIpc) is 3.24. The highest BCUT2D eigenvalue weighted by atomic mass is 16.8. The van der Waals surface area contributed by atoms with Gasteiger partial charge in [0.2, 0.25) is 6.29 Å². The molecule has 0 aromatic rings. The fourth-order valence-electron chi connectivity index (χ4n) is 15.2. The van der Waals surface area contributed by atoms with Crippen LogP contribution < -0.4 is 0 Å². The van der Waals surface area contributed by atoms with Crippen molar-refractivity contribution in [3.8, 4) is 0 Å². The molecule has 3 aliphatic heterocycles. The van der Waals surface area contributed by atoms with Gasteiger partial charge in [-0.25, -0.2) is 0 Å². The minimum absolute atomic E-state index is 0.0517. The molecule has 0 aromatic heterocycles. The summed E-state index contributed by atoms with van der Waals surface area (Å²) in [5.74, 6) is 0.330. The molecule has 65 heavy (non-hydrogen) atoms. The summed E-state index contributed by atoms with van der Waals surface area (Å²) in [4.78, 5) is 15.1. The lowest BCUT2D eigenvalue weighted by atomic mass is 9.36. The highest BCUT2D eigenvalue weighted by Gasteiger charge is 2.68. The van der Waals surface area contributed by atoms with Gasteiger partial charge in [-0.2, -0.15) is 0 Å². The zero-order valence-corrected chi connectivity index (χ0v) is 39.4. The van der Waals surface area contributed by atoms with Crippen LogP contribution in [0, 0.1) is 44.3 Å². The van der Waals surface area contributed by atoms with Gasteiger partial charge in [0, 0.05) is 5.41 Å². The highest BCUT2D eigenvalue weighted by Crippen LogP contribution is 2.74. The number of fused-ring (bicyclic) bond motifs is 6. The lowest BCUT2D eigenvalue weighted by Crippen LogP contribution is -2.65. The highest BCUT2D eigenvalue weighted by molar-refractivity contribution is 5.80. The molecule has 17 heteroatoms. The van der Waals surface area contributed by atoms with E-state index in [1.165, 1.54) is 18.1 Å². The van der Waals surface area contributed by atoms with Crippen LogP contribution in [-0.4, -0.2) is 168 Å². The van der Waals surface area contributed by atoms with Crippen LogP contribution >= 0.6 is 0 Å². The fraction of sp³-hybridized carbons (Fsp3) is 0.938. The van der Waals surface area contributed by atoms with Gasteiger partial charge >= 0.3 is 5.97 Å². The van der Waals surface area contributed by atoms with Crippen LogP contribution in [0.1, 0.15) is 126 Å². The summed E-state index contributed by atoms with van der Waals surface area (Å²) in [6, 6.07) is 0. The number of hydrogen-bond donors (Lipinski definition) is 10. The molecule has 6 fully saturated rings. The number of rotatable bonds is 8. The third-order valence-corrected chi connectivity index (χ3v) is 19.0. The van der Waals surface area contributed by atoms with Gasteiger partial charge in [-0.15, -0.1) is 0 Å². The maximum Gasteiger partial charge on any atom is 0.315 e. The molecule has 0 aromatic carbocycles. The number of esters is 1. The summed E-state index contributed by atoms with van der Waals surface area (Å²) >= 11 is 0. The summed E-state index contributed by atoms with van der Waals surface area (Å²) in [5, 5.41) is 108. The molecule has 0 bridgehead atoms. The Bertz CT molecular complexity index is 1790. The number of aliphatic hydroxyl groups is 10. The fourth-order valence-corrected chi connectivity index (χ4v) is 15.2. The van der Waals surface area contributed by atoms with Crippen LogP contribution in [0.15, 0.2) is 11.1 Å². The van der Waals surface area contributed by atoms with Gasteiger partial charge < -0.3 is 79.5 Å². The molecule has 8 aliphatic rings. The van der Waals surface area contributed by atoms with E-state index >= 15 is 4.79 Å². The normalized spacial score (nSPS) is 53.0. The predicted octanol–water partition coefficient (Wildman–Crippen LogP) is 1.31. The smallest absolute Gasteiger partial charge is 0.315 e. The first-order chi connectivity index (χ1) is 30.3. The number of ether oxygens (including phenoxy) is 6. The van der Waals surface area contributed by atoms with E-state index in [0.717, 1.165) is 57.8 Å². The summed E-state index contributed by atoms with van der Waals surface area (Å²) < 4.78 is 34.8. The van der Waals surface area contributed by atoms with Crippen LogP contribution in [0.2, 0.25) is 0 Å². The molecule has 0 unspecified atom stereocenters. The van der Waals surface area contributed by atoms with E-state index in [4.69, 9.17) is 28.4 Å². The van der Waals surface area contributed by atoms with E-state index in [0.29, 0.717) is 24.7 Å². The third-order valence-electron chi connectivity index (χ3n) is 19.0. The molecule has 10 N–H and O–H groups in total. The Kier molecular flexibility index (Phi) is 13.4. The second-order valence-corrected chi connectivity index (χ2v) is 23.4. The molecule has 3 saturated heterocycles. The van der Waals surface area contributed by atoms with E-state index in [2.05, 4.69) is 48.5 Å². The number of allylic oxidation sites excluding steroid dienone is 2. The Balaban J connectivity index is 0.981. The van der Waals surface area contributed by atoms with Crippen molar-refractivity contribution < 1.29 is 84.3 Å². The van der Waals surface area contributed by atoms with Gasteiger partial charge in [-0.1, -0.05) is 59.6 Å². The molecule has 0 radical (unpaired) electrons. The molecule has 3 heterocycles. The van der Waals surface area contributed by atoms with Crippen molar-refractivity contribution in [2.45, 2.75) is 224 Å². The van der Waals surface area contributed by atoms with Crippen molar-refractivity contribution in [2.75, 3.05) is 13.2 Å². The molecular formula is C48H78O17. The maximum atomic E-state index is 15.1. The van der Waals surface area contributed by atoms with Crippen molar-refractivity contribution >= 4 is 5.97 Å². The van der Waals surface area contributed by atoms with Gasteiger partial charge in [0.25, 0.3) is 0 Å². The van der Waals surface area contributed by atoms with Gasteiger partial charge in [-0.05, 0) is 111 Å². The molecule has 5 aliphatic carbocycles. The van der Waals surface area contributed by atoms with Gasteiger partial charge in [0.1, 0.15) is 67.1 Å². The summed E-state index contributed by atoms with van der Waals surface area (Å²) in [6.45, 7) is 16.2. The zero-order chi connectivity index (χ0) is 47.6. The number of carbonyl (C=O) groups is 1. The van der Waals surface area contributed by atoms with Crippen molar-refractivity contribution in [3.05, 3.63) is 11.1 Å². The average molecular weight is 927 g/mol. The Morgan fingerprint density at radius 3 is 1.97 bits per heavy atom. The van der Waals surface area contributed by atoms with Crippen LogP contribution in [0.5, 0.6) is 0 Å². The summed E-state index contributed by atoms with van der Waals surface area (Å²) in [5.41, 5.74) is 1.10. The van der Waals surface area contributed by atoms with E-state index in [-0.39, 0.29) is 27.8 Å². The van der Waals surface area contributed by atoms with Gasteiger partial charge in [-0.3, -0.25) is 4.79 Å². The minimum Gasteiger partial charge on any atom is -0.432 e. The second kappa shape index (κ2) is 17.5. The van der Waals surface area contributed by atoms with Crippen LogP contribution in [0.4, 0.5) is 0 Å². The topological polar surface area (TPSA) is 275 Å². The SMILES string of the molecule is C[C@@H]1O[C@H](O[C@H]2[C@H](O)[C@@H](O)[C@H](OC[C@H]3O[C@@H](OC(=O)[C@@]45CCC6=C(CC[C@@H]7[C@@]8(C)CC[C@@H](O)C(C)(C)[C@@H]8CC[C@@]67C)[C@]4(C)CC(C)(C)CC5)[C@H](O)[C@@H](O)[C@@H]3O)O[C@@H]2CO)[C@H](O)[C@H](O)[C@H]1O. The van der Waals surface area contributed by atoms with Crippen molar-refractivity contribution in [1.29, 1.82) is 0 Å². The first-order valence-electron chi connectivity index (χ1n) is 24.2. The van der Waals surface area contributed by atoms with Gasteiger partial charge in [0.15, 0.2) is 12.6 Å². The van der Waals surface area contributed by atoms with E-state index in [1.54, 1.807) is 0 Å². The molecule has 22 atom stereocenters. The molecule has 372 valence electrons. The Hall–Kier alpha value is -1.39. The third kappa shape index (κ3) is 7.90. The van der Waals surface area contributed by atoms with Crippen molar-refractivity contribution in [1.82, 2.24) is 0 Å². The molecule has 3 saturated carbocycles. The predicted molar refractivity (Wildman–Crippen MR) is 229 cm³/mol. The largest absolute Gasteiger partial charge is 0.432 e. The lowest BCUT2D eigenvalue weighted by Gasteiger charge is -2.68. The van der Waals surface area contributed by atoms with Crippen molar-refractivity contribution in [2.24, 2.45) is 44.3 Å². The minimum atomic E-state index is -1.84. The standard InChI is InChI=1S/C48H78O17/c1-22-30(51)32(53)35(56)40(61-22)64-38-25(19-49)62-39(37(58)34(38)55)60-20-26-31(52)33(54)36(57)41(63-26)65-42(59)48-16-11-23-24(47(48,8)21-43(2,3)17-18-48)9-10-28-45(23,6)14-12-27-44(4,5)29(50)13-15-46(27,28)7/h22,25-41,49-58H,9-21H2,1-8H3/t22-,25+,26+,27-,28-,29+,30-,31+,32+,33-,34+,35+,36+,37+,38+,39+,40+,41-,45-,46-,47-,48-/m0/s1. The second-order valence-electron chi connectivity index (χ2n) is 23.4. The Labute approximate surface area is 382 Å². The van der Waals surface area contributed by atoms with E-state index in [9.17, 15) is 51.1 Å². The lowest BCUT2D eigenvalue weighted by molar-refractivity contribution is -0.361. The molecule has 17 nitrogen and oxygen atoms in total. The first-order valence-corrected chi connectivity index (χ1v) is 24.2. The summed E-state index contributed by atoms with van der Waals surface area (Å²) in [7, 11) is 0. The van der Waals surface area contributed by atoms with Gasteiger partial charge in [0.05, 0.1) is 30.8 Å². The van der Waals surface area contributed by atoms with Crippen LogP contribution in [0.3, 0.4) is 0 Å². The van der Waals surface area contributed by atoms with Crippen LogP contribution in [0.25, 0.3) is 0 Å². The molecule has 0 spiro atoms. The molecular weight excluding hydrogens is 849 g/mol. The monoisotopic (exact) mass is 927 g/mol. The van der Waals surface area contributed by atoms with E-state index in [1.807, 2.05) is 0 Å². The Morgan fingerprint density at radius 2 is 1.28 bits per heavy atom. The Morgan fingerprint density at radius 1 is 0.631 bits per heavy atom. The number of carbonyl (C=O) groups excluding carboxylic acids is 1. The van der Waals surface area contributed by atoms with Crippen molar-refractivity contribution in [3.63, 3.8) is 0 Å². The maximum absolute atomic E-state index is 15.1. The summed E-state index contributed by atoms with van der Waals surface area (Å²) in [6.07, 6.45) is -15.2. The number of hydrogen-bond acceptors (Lipinski definition) is 17. The van der Waals surface area contributed by atoms with E-state index < -0.39 is 122 Å². The first kappa shape index (κ1) is 50.0.